The highest BCUT2D eigenvalue weighted by molar-refractivity contribution is 5.79. The number of carbonyl (C=O) groups is 2. The molecule has 7 nitrogen and oxygen atoms in total. The third-order valence-corrected chi connectivity index (χ3v) is 7.97. The van der Waals surface area contributed by atoms with E-state index in [9.17, 15) is 9.59 Å². The monoisotopic (exact) mass is 633 g/mol. The number of rotatable bonds is 28. The highest BCUT2D eigenvalue weighted by atomic mass is 16.5. The van der Waals surface area contributed by atoms with E-state index >= 15 is 0 Å². The van der Waals surface area contributed by atoms with Gasteiger partial charge in [-0.3, -0.25) is 14.6 Å². The van der Waals surface area contributed by atoms with Gasteiger partial charge in [-0.1, -0.05) is 101 Å². The van der Waals surface area contributed by atoms with Gasteiger partial charge in [0.15, 0.2) is 0 Å². The fourth-order valence-electron chi connectivity index (χ4n) is 5.01. The Morgan fingerprint density at radius 2 is 1.07 bits per heavy atom. The molecule has 254 valence electrons. The molecular formula is C39H59N3O4. The SMILES string of the molecule is C=CC(=C)CCCCCCC(=O)OCCN1C(=C)N(CCCC(=C)C=C)C(=O)N(CCCC(=C)CCCCCOC(=C)C=C)C1=C. The van der Waals surface area contributed by atoms with E-state index in [1.165, 1.54) is 5.57 Å². The second-order valence-corrected chi connectivity index (χ2v) is 11.7. The van der Waals surface area contributed by atoms with E-state index in [0.717, 1.165) is 94.6 Å². The molecule has 1 aliphatic rings. The minimum Gasteiger partial charge on any atom is -0.494 e. The van der Waals surface area contributed by atoms with Gasteiger partial charge in [0, 0.05) is 19.5 Å². The highest BCUT2D eigenvalue weighted by Crippen LogP contribution is 2.28. The topological polar surface area (TPSA) is 62.3 Å². The molecule has 1 fully saturated rings. The molecule has 1 heterocycles. The van der Waals surface area contributed by atoms with Crippen LogP contribution >= 0.6 is 0 Å². The van der Waals surface area contributed by atoms with Crippen LogP contribution in [0.2, 0.25) is 0 Å². The van der Waals surface area contributed by atoms with E-state index in [1.54, 1.807) is 28.0 Å². The van der Waals surface area contributed by atoms with Crippen LogP contribution in [-0.2, 0) is 14.3 Å². The van der Waals surface area contributed by atoms with Crippen molar-refractivity contribution in [3.8, 4) is 0 Å². The molecule has 46 heavy (non-hydrogen) atoms. The molecular weight excluding hydrogens is 574 g/mol. The van der Waals surface area contributed by atoms with Gasteiger partial charge in [0.05, 0.1) is 13.2 Å². The molecule has 0 aromatic rings. The van der Waals surface area contributed by atoms with E-state index in [2.05, 4.69) is 59.2 Å². The van der Waals surface area contributed by atoms with Gasteiger partial charge >= 0.3 is 12.0 Å². The number of allylic oxidation sites excluding steroid dienone is 6. The Kier molecular flexibility index (Phi) is 20.3. The summed E-state index contributed by atoms with van der Waals surface area (Å²) in [6.07, 6.45) is 17.4. The number of urea groups is 1. The molecule has 1 saturated heterocycles. The standard InChI is InChI=1S/C39H59N3O4/c1-10-32(4)22-16-13-14-18-26-38(43)46-31-29-40-36(8)41(27-20-24-33(5)11-2)39(44)42(37(40)9)28-21-25-34(6)23-17-15-19-30-45-35(7)12-3/h10-12H,1-9,13-31H2. The van der Waals surface area contributed by atoms with Crippen LogP contribution in [0.25, 0.3) is 0 Å². The van der Waals surface area contributed by atoms with Crippen molar-refractivity contribution in [3.05, 3.63) is 112 Å². The number of nitrogens with zero attached hydrogens (tertiary/aromatic N) is 3. The Balaban J connectivity index is 2.63. The highest BCUT2D eigenvalue weighted by Gasteiger charge is 2.35. The van der Waals surface area contributed by atoms with Gasteiger partial charge < -0.3 is 14.4 Å². The molecule has 0 aromatic heterocycles. The zero-order valence-electron chi connectivity index (χ0n) is 28.5. The number of unbranched alkanes of at least 4 members (excludes halogenated alkanes) is 5. The van der Waals surface area contributed by atoms with Crippen LogP contribution in [-0.4, -0.2) is 59.5 Å². The maximum absolute atomic E-state index is 13.6. The van der Waals surface area contributed by atoms with Gasteiger partial charge in [-0.25, -0.2) is 4.79 Å². The molecule has 0 bridgehead atoms. The maximum atomic E-state index is 13.6. The molecule has 0 radical (unpaired) electrons. The van der Waals surface area contributed by atoms with Gasteiger partial charge in [0.25, 0.3) is 0 Å². The van der Waals surface area contributed by atoms with Crippen LogP contribution in [0.1, 0.15) is 89.9 Å². The van der Waals surface area contributed by atoms with Crippen LogP contribution < -0.4 is 0 Å². The molecule has 1 aliphatic heterocycles. The van der Waals surface area contributed by atoms with Gasteiger partial charge in [0.1, 0.15) is 24.0 Å². The van der Waals surface area contributed by atoms with Gasteiger partial charge in [-0.05, 0) is 76.7 Å². The van der Waals surface area contributed by atoms with Crippen LogP contribution in [0, 0.1) is 0 Å². The lowest BCUT2D eigenvalue weighted by Gasteiger charge is -2.45. The summed E-state index contributed by atoms with van der Waals surface area (Å²) in [7, 11) is 0. The lowest BCUT2D eigenvalue weighted by Crippen LogP contribution is -2.55. The van der Waals surface area contributed by atoms with E-state index in [0.29, 0.717) is 50.1 Å². The number of ether oxygens (including phenoxy) is 2. The molecule has 0 saturated carbocycles. The van der Waals surface area contributed by atoms with Crippen LogP contribution in [0.4, 0.5) is 4.79 Å². The third-order valence-electron chi connectivity index (χ3n) is 7.97. The van der Waals surface area contributed by atoms with Crippen molar-refractivity contribution < 1.29 is 19.1 Å². The molecule has 0 unspecified atom stereocenters. The summed E-state index contributed by atoms with van der Waals surface area (Å²) in [6, 6.07) is -0.143. The molecule has 0 spiro atoms. The lowest BCUT2D eigenvalue weighted by atomic mass is 10.0. The summed E-state index contributed by atoms with van der Waals surface area (Å²) in [5.41, 5.74) is 3.14. The minimum atomic E-state index is -0.218. The second-order valence-electron chi connectivity index (χ2n) is 11.7. The largest absolute Gasteiger partial charge is 0.494 e. The smallest absolute Gasteiger partial charge is 0.331 e. The number of amides is 2. The number of hydrogen-bond donors (Lipinski definition) is 0. The van der Waals surface area contributed by atoms with E-state index in [-0.39, 0.29) is 18.6 Å². The lowest BCUT2D eigenvalue weighted by molar-refractivity contribution is -0.144. The Morgan fingerprint density at radius 1 is 0.565 bits per heavy atom. The first-order valence-electron chi connectivity index (χ1n) is 16.7. The fraction of sp³-hybridized carbons (Fsp3) is 0.487. The number of carbonyl (C=O) groups excluding carboxylic acids is 2. The van der Waals surface area contributed by atoms with Crippen molar-refractivity contribution in [1.82, 2.24) is 14.7 Å². The first-order valence-corrected chi connectivity index (χ1v) is 16.7. The van der Waals surface area contributed by atoms with Crippen molar-refractivity contribution in [1.29, 1.82) is 0 Å². The summed E-state index contributed by atoms with van der Waals surface area (Å²) in [4.78, 5) is 31.3. The first kappa shape index (κ1) is 40.0. The zero-order valence-corrected chi connectivity index (χ0v) is 28.5. The zero-order chi connectivity index (χ0) is 34.3. The van der Waals surface area contributed by atoms with Crippen molar-refractivity contribution in [2.24, 2.45) is 0 Å². The summed E-state index contributed by atoms with van der Waals surface area (Å²) in [5.74, 6) is 1.47. The molecule has 1 rings (SSSR count). The Labute approximate surface area is 279 Å². The average molecular weight is 634 g/mol. The summed E-state index contributed by atoms with van der Waals surface area (Å²) in [6.45, 7) is 37.7. The predicted molar refractivity (Wildman–Crippen MR) is 192 cm³/mol. The average Bonchev–Trinajstić information content (AvgIpc) is 3.04. The molecule has 2 amide bonds. The fourth-order valence-corrected chi connectivity index (χ4v) is 5.01. The minimum absolute atomic E-state index is 0.143. The Hall–Kier alpha value is -4.00. The molecule has 0 N–H and O–H groups in total. The van der Waals surface area contributed by atoms with Crippen LogP contribution in [0.3, 0.4) is 0 Å². The normalized spacial score (nSPS) is 13.0. The van der Waals surface area contributed by atoms with Crippen molar-refractivity contribution >= 4 is 12.0 Å². The molecule has 7 heteroatoms. The second kappa shape index (κ2) is 23.4. The molecule has 0 atom stereocenters. The Morgan fingerprint density at radius 3 is 1.65 bits per heavy atom. The number of esters is 1. The van der Waals surface area contributed by atoms with E-state index in [1.807, 2.05) is 4.90 Å². The predicted octanol–water partition coefficient (Wildman–Crippen LogP) is 9.73. The van der Waals surface area contributed by atoms with Crippen molar-refractivity contribution in [2.45, 2.75) is 89.9 Å². The van der Waals surface area contributed by atoms with Gasteiger partial charge in [-0.2, -0.15) is 0 Å². The molecule has 0 aliphatic carbocycles. The Bertz CT molecular complexity index is 1050. The quantitative estimate of drug-likeness (QED) is 0.0282. The van der Waals surface area contributed by atoms with Gasteiger partial charge in [0.2, 0.25) is 0 Å². The third kappa shape index (κ3) is 15.8. The maximum Gasteiger partial charge on any atom is 0.331 e. The van der Waals surface area contributed by atoms with E-state index in [4.69, 9.17) is 9.47 Å². The first-order chi connectivity index (χ1) is 22.0. The molecule has 0 aromatic carbocycles. The summed E-state index contributed by atoms with van der Waals surface area (Å²) < 4.78 is 11.0. The van der Waals surface area contributed by atoms with E-state index < -0.39 is 0 Å². The number of hydrogen-bond acceptors (Lipinski definition) is 5. The van der Waals surface area contributed by atoms with Crippen molar-refractivity contribution in [2.75, 3.05) is 32.8 Å². The summed E-state index contributed by atoms with van der Waals surface area (Å²) >= 11 is 0. The van der Waals surface area contributed by atoms with Crippen LogP contribution in [0.15, 0.2) is 112 Å². The van der Waals surface area contributed by atoms with Crippen molar-refractivity contribution in [3.63, 3.8) is 0 Å². The van der Waals surface area contributed by atoms with Gasteiger partial charge in [-0.15, -0.1) is 0 Å². The summed E-state index contributed by atoms with van der Waals surface area (Å²) in [5, 5.41) is 0. The van der Waals surface area contributed by atoms with Crippen LogP contribution in [0.5, 0.6) is 0 Å².